The lowest BCUT2D eigenvalue weighted by Crippen LogP contribution is -2.42. The SMILES string of the molecule is C[C@@H]1CN(C(=O)c2cccc(F)c2)c2ccccc2O1. The van der Waals surface area contributed by atoms with Gasteiger partial charge in [-0.25, -0.2) is 4.39 Å². The molecule has 4 heteroatoms. The van der Waals surface area contributed by atoms with Crippen LogP contribution < -0.4 is 9.64 Å². The van der Waals surface area contributed by atoms with Gasteiger partial charge in [-0.05, 0) is 37.3 Å². The molecular weight excluding hydrogens is 257 g/mol. The number of hydrogen-bond donors (Lipinski definition) is 0. The zero-order valence-electron chi connectivity index (χ0n) is 11.0. The molecule has 2 aromatic rings. The predicted molar refractivity (Wildman–Crippen MR) is 74.6 cm³/mol. The molecule has 0 unspecified atom stereocenters. The molecule has 102 valence electrons. The molecule has 0 spiro atoms. The Labute approximate surface area is 116 Å². The highest BCUT2D eigenvalue weighted by Crippen LogP contribution is 2.33. The summed E-state index contributed by atoms with van der Waals surface area (Å²) >= 11 is 0. The average Bonchev–Trinajstić information content (AvgIpc) is 2.45. The fraction of sp³-hybridized carbons (Fsp3) is 0.188. The number of nitrogens with zero attached hydrogens (tertiary/aromatic N) is 1. The highest BCUT2D eigenvalue weighted by Gasteiger charge is 2.28. The first-order valence-electron chi connectivity index (χ1n) is 6.48. The zero-order chi connectivity index (χ0) is 14.1. The van der Waals surface area contributed by atoms with Gasteiger partial charge in [-0.3, -0.25) is 4.79 Å². The molecule has 1 aliphatic heterocycles. The van der Waals surface area contributed by atoms with Gasteiger partial charge in [-0.1, -0.05) is 18.2 Å². The van der Waals surface area contributed by atoms with Crippen molar-refractivity contribution < 1.29 is 13.9 Å². The van der Waals surface area contributed by atoms with Crippen LogP contribution in [0.5, 0.6) is 5.75 Å². The van der Waals surface area contributed by atoms with Gasteiger partial charge in [0, 0.05) is 5.56 Å². The van der Waals surface area contributed by atoms with Gasteiger partial charge >= 0.3 is 0 Å². The molecular formula is C16H14FNO2. The summed E-state index contributed by atoms with van der Waals surface area (Å²) in [5.41, 5.74) is 1.06. The van der Waals surface area contributed by atoms with Crippen molar-refractivity contribution in [2.24, 2.45) is 0 Å². The predicted octanol–water partition coefficient (Wildman–Crippen LogP) is 3.25. The Hall–Kier alpha value is -2.36. The molecule has 3 rings (SSSR count). The maximum absolute atomic E-state index is 13.3. The Bertz CT molecular complexity index is 656. The lowest BCUT2D eigenvalue weighted by Gasteiger charge is -2.33. The fourth-order valence-electron chi connectivity index (χ4n) is 2.36. The maximum atomic E-state index is 13.3. The number of benzene rings is 2. The van der Waals surface area contributed by atoms with Crippen molar-refractivity contribution in [1.29, 1.82) is 0 Å². The molecule has 2 aromatic carbocycles. The third-order valence-electron chi connectivity index (χ3n) is 3.24. The van der Waals surface area contributed by atoms with E-state index in [0.717, 1.165) is 5.69 Å². The molecule has 0 saturated heterocycles. The molecule has 0 fully saturated rings. The van der Waals surface area contributed by atoms with Crippen molar-refractivity contribution in [3.05, 3.63) is 59.9 Å². The first-order valence-corrected chi connectivity index (χ1v) is 6.48. The van der Waals surface area contributed by atoms with Gasteiger partial charge < -0.3 is 9.64 Å². The van der Waals surface area contributed by atoms with Crippen LogP contribution in [0.1, 0.15) is 17.3 Å². The van der Waals surface area contributed by atoms with Crippen molar-refractivity contribution >= 4 is 11.6 Å². The molecule has 0 N–H and O–H groups in total. The van der Waals surface area contributed by atoms with Gasteiger partial charge in [0.05, 0.1) is 12.2 Å². The summed E-state index contributed by atoms with van der Waals surface area (Å²) in [6, 6.07) is 13.1. The molecule has 3 nitrogen and oxygen atoms in total. The molecule has 1 atom stereocenters. The standard InChI is InChI=1S/C16H14FNO2/c1-11-10-18(14-7-2-3-8-15(14)20-11)16(19)12-5-4-6-13(17)9-12/h2-9,11H,10H2,1H3/t11-/m1/s1. The molecule has 0 saturated carbocycles. The minimum Gasteiger partial charge on any atom is -0.487 e. The van der Waals surface area contributed by atoms with E-state index in [1.165, 1.54) is 12.1 Å². The van der Waals surface area contributed by atoms with E-state index in [-0.39, 0.29) is 12.0 Å². The largest absolute Gasteiger partial charge is 0.487 e. The number of ether oxygens (including phenoxy) is 1. The number of rotatable bonds is 1. The molecule has 1 amide bonds. The van der Waals surface area contributed by atoms with Crippen LogP contribution in [0.3, 0.4) is 0 Å². The van der Waals surface area contributed by atoms with E-state index in [2.05, 4.69) is 0 Å². The monoisotopic (exact) mass is 271 g/mol. The van der Waals surface area contributed by atoms with E-state index in [1.807, 2.05) is 31.2 Å². The van der Waals surface area contributed by atoms with E-state index in [0.29, 0.717) is 17.9 Å². The molecule has 0 aliphatic carbocycles. The Morgan fingerprint density at radius 3 is 2.85 bits per heavy atom. The van der Waals surface area contributed by atoms with Gasteiger partial charge in [0.2, 0.25) is 0 Å². The maximum Gasteiger partial charge on any atom is 0.258 e. The fourth-order valence-corrected chi connectivity index (χ4v) is 2.36. The Balaban J connectivity index is 2.00. The second-order valence-corrected chi connectivity index (χ2v) is 4.82. The van der Waals surface area contributed by atoms with E-state index >= 15 is 0 Å². The minimum atomic E-state index is -0.412. The Morgan fingerprint density at radius 2 is 2.05 bits per heavy atom. The normalized spacial score (nSPS) is 17.3. The summed E-state index contributed by atoms with van der Waals surface area (Å²) in [7, 11) is 0. The van der Waals surface area contributed by atoms with Crippen LogP contribution in [-0.4, -0.2) is 18.6 Å². The third kappa shape index (κ3) is 2.25. The molecule has 0 aromatic heterocycles. The Kier molecular flexibility index (Phi) is 3.14. The van der Waals surface area contributed by atoms with Crippen LogP contribution in [-0.2, 0) is 0 Å². The van der Waals surface area contributed by atoms with Crippen molar-refractivity contribution in [3.63, 3.8) is 0 Å². The van der Waals surface area contributed by atoms with E-state index < -0.39 is 5.82 Å². The first-order chi connectivity index (χ1) is 9.65. The molecule has 0 radical (unpaired) electrons. The van der Waals surface area contributed by atoms with Crippen LogP contribution in [0.2, 0.25) is 0 Å². The van der Waals surface area contributed by atoms with Gasteiger partial charge in [0.25, 0.3) is 5.91 Å². The van der Waals surface area contributed by atoms with Gasteiger partial charge in [0.1, 0.15) is 17.7 Å². The molecule has 1 aliphatic rings. The second kappa shape index (κ2) is 4.96. The number of halogens is 1. The summed E-state index contributed by atoms with van der Waals surface area (Å²) in [4.78, 5) is 14.2. The smallest absolute Gasteiger partial charge is 0.258 e. The number of carbonyl (C=O) groups is 1. The minimum absolute atomic E-state index is 0.0950. The van der Waals surface area contributed by atoms with E-state index in [4.69, 9.17) is 4.74 Å². The number of carbonyl (C=O) groups excluding carboxylic acids is 1. The third-order valence-corrected chi connectivity index (χ3v) is 3.24. The van der Waals surface area contributed by atoms with E-state index in [1.54, 1.807) is 17.0 Å². The van der Waals surface area contributed by atoms with Gasteiger partial charge in [-0.15, -0.1) is 0 Å². The van der Waals surface area contributed by atoms with Crippen LogP contribution in [0, 0.1) is 5.82 Å². The quantitative estimate of drug-likeness (QED) is 0.796. The number of para-hydroxylation sites is 2. The highest BCUT2D eigenvalue weighted by molar-refractivity contribution is 6.07. The van der Waals surface area contributed by atoms with Crippen molar-refractivity contribution in [2.45, 2.75) is 13.0 Å². The lowest BCUT2D eigenvalue weighted by atomic mass is 10.1. The topological polar surface area (TPSA) is 29.5 Å². The molecule has 20 heavy (non-hydrogen) atoms. The molecule has 1 heterocycles. The van der Waals surface area contributed by atoms with E-state index in [9.17, 15) is 9.18 Å². The van der Waals surface area contributed by atoms with Crippen molar-refractivity contribution in [1.82, 2.24) is 0 Å². The van der Waals surface area contributed by atoms with Crippen LogP contribution >= 0.6 is 0 Å². The number of hydrogen-bond acceptors (Lipinski definition) is 2. The van der Waals surface area contributed by atoms with Crippen molar-refractivity contribution in [3.8, 4) is 5.75 Å². The van der Waals surface area contributed by atoms with Gasteiger partial charge in [-0.2, -0.15) is 0 Å². The van der Waals surface area contributed by atoms with Crippen molar-refractivity contribution in [2.75, 3.05) is 11.4 Å². The van der Waals surface area contributed by atoms with Crippen LogP contribution in [0.4, 0.5) is 10.1 Å². The van der Waals surface area contributed by atoms with Gasteiger partial charge in [0.15, 0.2) is 0 Å². The highest BCUT2D eigenvalue weighted by atomic mass is 19.1. The number of anilines is 1. The Morgan fingerprint density at radius 1 is 1.25 bits per heavy atom. The summed E-state index contributed by atoms with van der Waals surface area (Å²) in [6.45, 7) is 2.36. The zero-order valence-corrected chi connectivity index (χ0v) is 11.0. The summed E-state index contributed by atoms with van der Waals surface area (Å²) in [6.07, 6.45) is -0.0950. The summed E-state index contributed by atoms with van der Waals surface area (Å²) in [5, 5.41) is 0. The average molecular weight is 271 g/mol. The molecule has 0 bridgehead atoms. The second-order valence-electron chi connectivity index (χ2n) is 4.82. The van der Waals surface area contributed by atoms with Crippen LogP contribution in [0.15, 0.2) is 48.5 Å². The summed E-state index contributed by atoms with van der Waals surface area (Å²) in [5.74, 6) is 0.0496. The lowest BCUT2D eigenvalue weighted by molar-refractivity contribution is 0.0960. The first kappa shape index (κ1) is 12.7. The number of fused-ring (bicyclic) bond motifs is 1. The summed E-state index contributed by atoms with van der Waals surface area (Å²) < 4.78 is 19.0. The van der Waals surface area contributed by atoms with Crippen LogP contribution in [0.25, 0.3) is 0 Å². The number of amides is 1.